The number of hydrogen-bond donors (Lipinski definition) is 0. The minimum Gasteiger partial charge on any atom is -0.275 e. The van der Waals surface area contributed by atoms with E-state index in [1.165, 1.54) is 12.2 Å². The lowest BCUT2D eigenvalue weighted by molar-refractivity contribution is -0.136. The van der Waals surface area contributed by atoms with Gasteiger partial charge in [0.25, 0.3) is 23.6 Å². The van der Waals surface area contributed by atoms with Crippen molar-refractivity contribution >= 4 is 23.6 Å². The van der Waals surface area contributed by atoms with Crippen molar-refractivity contribution in [3.63, 3.8) is 0 Å². The number of imide groups is 2. The first kappa shape index (κ1) is 12.0. The van der Waals surface area contributed by atoms with Gasteiger partial charge in [-0.1, -0.05) is 6.58 Å². The molecular formula is C12H10N2O4. The van der Waals surface area contributed by atoms with E-state index in [-0.39, 0.29) is 18.7 Å². The number of rotatable bonds is 4. The zero-order valence-electron chi connectivity index (χ0n) is 9.46. The van der Waals surface area contributed by atoms with Crippen molar-refractivity contribution in [1.82, 2.24) is 9.80 Å². The van der Waals surface area contributed by atoms with E-state index in [1.54, 1.807) is 0 Å². The SMILES string of the molecule is C=C(CCN1C(=O)C=CC1=O)N1C(=O)C=CC1=O. The molecule has 0 spiro atoms. The molecular weight excluding hydrogens is 236 g/mol. The molecule has 6 heteroatoms. The maximum Gasteiger partial charge on any atom is 0.257 e. The van der Waals surface area contributed by atoms with E-state index in [2.05, 4.69) is 6.58 Å². The zero-order chi connectivity index (χ0) is 13.3. The Hall–Kier alpha value is -2.50. The molecule has 0 unspecified atom stereocenters. The Morgan fingerprint density at radius 2 is 1.33 bits per heavy atom. The highest BCUT2D eigenvalue weighted by atomic mass is 16.2. The van der Waals surface area contributed by atoms with Crippen LogP contribution in [0.2, 0.25) is 0 Å². The summed E-state index contributed by atoms with van der Waals surface area (Å²) in [6, 6.07) is 0. The molecule has 2 aliphatic rings. The second kappa shape index (κ2) is 4.40. The summed E-state index contributed by atoms with van der Waals surface area (Å²) in [5.74, 6) is -1.71. The minimum atomic E-state index is -0.456. The molecule has 0 aromatic carbocycles. The van der Waals surface area contributed by atoms with E-state index >= 15 is 0 Å². The van der Waals surface area contributed by atoms with Gasteiger partial charge < -0.3 is 0 Å². The van der Waals surface area contributed by atoms with E-state index < -0.39 is 23.6 Å². The van der Waals surface area contributed by atoms with Crippen molar-refractivity contribution in [3.8, 4) is 0 Å². The lowest BCUT2D eigenvalue weighted by atomic mass is 10.3. The van der Waals surface area contributed by atoms with E-state index in [4.69, 9.17) is 0 Å². The molecule has 2 heterocycles. The Kier molecular flexibility index (Phi) is 2.93. The Morgan fingerprint density at radius 3 is 1.83 bits per heavy atom. The van der Waals surface area contributed by atoms with Crippen molar-refractivity contribution in [2.24, 2.45) is 0 Å². The highest BCUT2D eigenvalue weighted by Crippen LogP contribution is 2.15. The van der Waals surface area contributed by atoms with Gasteiger partial charge in [-0.3, -0.25) is 24.1 Å². The van der Waals surface area contributed by atoms with Gasteiger partial charge in [0, 0.05) is 43.0 Å². The Bertz CT molecular complexity index is 494. The standard InChI is InChI=1S/C12H10N2O4/c1-8(14-11(17)4-5-12(14)18)6-7-13-9(15)2-3-10(13)16/h2-5H,1,6-7H2. The van der Waals surface area contributed by atoms with Gasteiger partial charge >= 0.3 is 0 Å². The maximum absolute atomic E-state index is 11.3. The fourth-order valence-electron chi connectivity index (χ4n) is 1.72. The average molecular weight is 246 g/mol. The normalized spacial score (nSPS) is 18.4. The molecule has 0 atom stereocenters. The van der Waals surface area contributed by atoms with Gasteiger partial charge in [-0.25, -0.2) is 4.90 Å². The van der Waals surface area contributed by atoms with Crippen LogP contribution in [0.25, 0.3) is 0 Å². The smallest absolute Gasteiger partial charge is 0.257 e. The third-order valence-electron chi connectivity index (χ3n) is 2.65. The summed E-state index contributed by atoms with van der Waals surface area (Å²) in [6.07, 6.45) is 4.85. The largest absolute Gasteiger partial charge is 0.275 e. The van der Waals surface area contributed by atoms with Crippen LogP contribution >= 0.6 is 0 Å². The first-order chi connectivity index (χ1) is 8.50. The van der Waals surface area contributed by atoms with Crippen LogP contribution < -0.4 is 0 Å². The van der Waals surface area contributed by atoms with Crippen molar-refractivity contribution in [1.29, 1.82) is 0 Å². The van der Waals surface area contributed by atoms with Gasteiger partial charge in [-0.05, 0) is 0 Å². The van der Waals surface area contributed by atoms with Crippen LogP contribution in [-0.4, -0.2) is 40.0 Å². The molecule has 2 rings (SSSR count). The molecule has 0 saturated heterocycles. The van der Waals surface area contributed by atoms with E-state index in [0.717, 1.165) is 22.0 Å². The second-order valence-corrected chi connectivity index (χ2v) is 3.82. The topological polar surface area (TPSA) is 74.8 Å². The van der Waals surface area contributed by atoms with Gasteiger partial charge in [-0.15, -0.1) is 0 Å². The van der Waals surface area contributed by atoms with Crippen LogP contribution in [0.4, 0.5) is 0 Å². The monoisotopic (exact) mass is 246 g/mol. The molecule has 2 aliphatic heterocycles. The van der Waals surface area contributed by atoms with Crippen LogP contribution in [0.1, 0.15) is 6.42 Å². The molecule has 0 aromatic rings. The van der Waals surface area contributed by atoms with Crippen LogP contribution in [0.5, 0.6) is 0 Å². The first-order valence-corrected chi connectivity index (χ1v) is 5.28. The molecule has 0 fully saturated rings. The van der Waals surface area contributed by atoms with Gasteiger partial charge in [-0.2, -0.15) is 0 Å². The molecule has 0 aromatic heterocycles. The van der Waals surface area contributed by atoms with Crippen LogP contribution in [0, 0.1) is 0 Å². The summed E-state index contributed by atoms with van der Waals surface area (Å²) >= 11 is 0. The van der Waals surface area contributed by atoms with Gasteiger partial charge in [0.05, 0.1) is 0 Å². The molecule has 0 bridgehead atoms. The molecule has 6 nitrogen and oxygen atoms in total. The minimum absolute atomic E-state index is 0.0978. The summed E-state index contributed by atoms with van der Waals surface area (Å²) in [5.41, 5.74) is 0.266. The summed E-state index contributed by atoms with van der Waals surface area (Å²) in [5, 5.41) is 0. The van der Waals surface area contributed by atoms with Gasteiger partial charge in [0.15, 0.2) is 0 Å². The lowest BCUT2D eigenvalue weighted by Crippen LogP contribution is -2.34. The van der Waals surface area contributed by atoms with E-state index in [9.17, 15) is 19.2 Å². The third-order valence-corrected chi connectivity index (χ3v) is 2.65. The lowest BCUT2D eigenvalue weighted by Gasteiger charge is -2.19. The molecule has 0 saturated carbocycles. The fraction of sp³-hybridized carbons (Fsp3) is 0.167. The number of hydrogen-bond acceptors (Lipinski definition) is 4. The highest BCUT2D eigenvalue weighted by Gasteiger charge is 2.28. The third kappa shape index (κ3) is 2.00. The second-order valence-electron chi connectivity index (χ2n) is 3.82. The zero-order valence-corrected chi connectivity index (χ0v) is 9.46. The number of carbonyl (C=O) groups excluding carboxylic acids is 4. The Morgan fingerprint density at radius 1 is 0.889 bits per heavy atom. The van der Waals surface area contributed by atoms with Crippen molar-refractivity contribution < 1.29 is 19.2 Å². The quantitative estimate of drug-likeness (QED) is 0.640. The van der Waals surface area contributed by atoms with Crippen molar-refractivity contribution in [2.75, 3.05) is 6.54 Å². The predicted octanol–water partition coefficient (Wildman–Crippen LogP) is -0.260. The fourth-order valence-corrected chi connectivity index (χ4v) is 1.72. The van der Waals surface area contributed by atoms with Gasteiger partial charge in [0.1, 0.15) is 0 Å². The Labute approximate surface area is 103 Å². The Balaban J connectivity index is 1.93. The number of carbonyl (C=O) groups is 4. The van der Waals surface area contributed by atoms with Gasteiger partial charge in [0.2, 0.25) is 0 Å². The molecule has 0 N–H and O–H groups in total. The highest BCUT2D eigenvalue weighted by molar-refractivity contribution is 6.14. The van der Waals surface area contributed by atoms with E-state index in [1.807, 2.05) is 0 Å². The maximum atomic E-state index is 11.3. The van der Waals surface area contributed by atoms with Crippen LogP contribution in [0.3, 0.4) is 0 Å². The predicted molar refractivity (Wildman–Crippen MR) is 60.6 cm³/mol. The molecule has 0 aliphatic carbocycles. The van der Waals surface area contributed by atoms with Crippen molar-refractivity contribution in [2.45, 2.75) is 6.42 Å². The molecule has 92 valence electrons. The summed E-state index contributed by atoms with van der Waals surface area (Å²) in [4.78, 5) is 47.2. The average Bonchev–Trinajstić information content (AvgIpc) is 2.81. The molecule has 0 radical (unpaired) electrons. The van der Waals surface area contributed by atoms with Crippen LogP contribution in [-0.2, 0) is 19.2 Å². The van der Waals surface area contributed by atoms with Crippen molar-refractivity contribution in [3.05, 3.63) is 36.6 Å². The number of nitrogens with zero attached hydrogens (tertiary/aromatic N) is 2. The summed E-state index contributed by atoms with van der Waals surface area (Å²) in [7, 11) is 0. The summed E-state index contributed by atoms with van der Waals surface area (Å²) in [6.45, 7) is 3.72. The first-order valence-electron chi connectivity index (χ1n) is 5.28. The van der Waals surface area contributed by atoms with E-state index in [0.29, 0.717) is 0 Å². The number of amides is 4. The van der Waals surface area contributed by atoms with Crippen LogP contribution in [0.15, 0.2) is 36.6 Å². The summed E-state index contributed by atoms with van der Waals surface area (Å²) < 4.78 is 0. The molecule has 4 amide bonds. The molecule has 18 heavy (non-hydrogen) atoms.